The fraction of sp³-hybridized carbons (Fsp3) is 0.700. The van der Waals surface area contributed by atoms with Gasteiger partial charge in [0, 0.05) is 4.88 Å². The van der Waals surface area contributed by atoms with Gasteiger partial charge in [0.15, 0.2) is 4.83 Å². The molecule has 0 N–H and O–H groups in total. The minimum atomic E-state index is -0.394. The summed E-state index contributed by atoms with van der Waals surface area (Å²) in [5.74, 6) is 0.212. The Morgan fingerprint density at radius 3 is 2.70 bits per heavy atom. The Balaban J connectivity index is 1.59. The van der Waals surface area contributed by atoms with Gasteiger partial charge in [0.05, 0.1) is 5.39 Å². The molecule has 7 heteroatoms. The topological polar surface area (TPSA) is 74.1 Å². The maximum absolute atomic E-state index is 13.0. The van der Waals surface area contributed by atoms with Crippen LogP contribution in [0, 0.1) is 11.3 Å². The molecule has 146 valence electrons. The van der Waals surface area contributed by atoms with E-state index in [1.807, 2.05) is 0 Å². The Morgan fingerprint density at radius 2 is 2.00 bits per heavy atom. The number of rotatable bonds is 3. The van der Waals surface area contributed by atoms with Gasteiger partial charge in [-0.3, -0.25) is 9.59 Å². The highest BCUT2D eigenvalue weighted by Crippen LogP contribution is 2.41. The second-order valence-electron chi connectivity index (χ2n) is 8.94. The third kappa shape index (κ3) is 3.66. The van der Waals surface area contributed by atoms with Crippen LogP contribution in [0.15, 0.2) is 4.79 Å². The van der Waals surface area contributed by atoms with Crippen LogP contribution >= 0.6 is 11.3 Å². The monoisotopic (exact) mass is 389 g/mol. The molecule has 1 atom stereocenters. The van der Waals surface area contributed by atoms with E-state index in [-0.39, 0.29) is 23.6 Å². The van der Waals surface area contributed by atoms with E-state index in [2.05, 4.69) is 31.1 Å². The van der Waals surface area contributed by atoms with Crippen molar-refractivity contribution in [1.82, 2.24) is 15.0 Å². The number of aryl methyl sites for hydroxylation is 1. The van der Waals surface area contributed by atoms with Crippen LogP contribution in [-0.2, 0) is 28.9 Å². The lowest BCUT2D eigenvalue weighted by Crippen LogP contribution is -2.30. The standard InChI is InChI=1S/C20H27N3O3S/c1-20(2,3)12-8-9-14-15(10-12)27-18-17(14)19(25)23(22-21-18)11-16(24)26-13-6-4-5-7-13/h12-13H,4-11H2,1-3H3. The zero-order valence-corrected chi connectivity index (χ0v) is 17.1. The summed E-state index contributed by atoms with van der Waals surface area (Å²) in [4.78, 5) is 27.1. The van der Waals surface area contributed by atoms with Crippen molar-refractivity contribution in [3.05, 3.63) is 20.8 Å². The molecule has 2 aliphatic rings. The molecule has 2 aromatic heterocycles. The Morgan fingerprint density at radius 1 is 1.26 bits per heavy atom. The van der Waals surface area contributed by atoms with Crippen LogP contribution < -0.4 is 5.56 Å². The molecule has 2 aliphatic carbocycles. The van der Waals surface area contributed by atoms with E-state index in [0.717, 1.165) is 50.5 Å². The lowest BCUT2D eigenvalue weighted by Gasteiger charge is -2.33. The molecule has 2 aromatic rings. The molecule has 2 heterocycles. The molecule has 6 nitrogen and oxygen atoms in total. The van der Waals surface area contributed by atoms with Crippen molar-refractivity contribution in [1.29, 1.82) is 0 Å². The maximum Gasteiger partial charge on any atom is 0.328 e. The van der Waals surface area contributed by atoms with Gasteiger partial charge < -0.3 is 4.74 Å². The van der Waals surface area contributed by atoms with E-state index in [4.69, 9.17) is 4.74 Å². The van der Waals surface area contributed by atoms with Crippen molar-refractivity contribution in [3.8, 4) is 0 Å². The minimum absolute atomic E-state index is 0.00636. The molecule has 4 rings (SSSR count). The average Bonchev–Trinajstić information content (AvgIpc) is 3.23. The van der Waals surface area contributed by atoms with Crippen molar-refractivity contribution in [3.63, 3.8) is 0 Å². The molecular formula is C20H27N3O3S. The summed E-state index contributed by atoms with van der Waals surface area (Å²) in [6.07, 6.45) is 6.98. The number of esters is 1. The molecule has 27 heavy (non-hydrogen) atoms. The first-order chi connectivity index (χ1) is 12.8. The Kier molecular flexibility index (Phi) is 4.82. The highest BCUT2D eigenvalue weighted by atomic mass is 32.1. The smallest absolute Gasteiger partial charge is 0.328 e. The average molecular weight is 390 g/mol. The first-order valence-corrected chi connectivity index (χ1v) is 10.7. The zero-order chi connectivity index (χ0) is 19.2. The number of ether oxygens (including phenoxy) is 1. The number of hydrogen-bond donors (Lipinski definition) is 0. The molecule has 0 amide bonds. The van der Waals surface area contributed by atoms with Gasteiger partial charge in [-0.15, -0.1) is 16.4 Å². The van der Waals surface area contributed by atoms with Gasteiger partial charge in [0.2, 0.25) is 0 Å². The predicted octanol–water partition coefficient (Wildman–Crippen LogP) is 3.49. The van der Waals surface area contributed by atoms with Gasteiger partial charge in [0.1, 0.15) is 12.6 Å². The lowest BCUT2D eigenvalue weighted by molar-refractivity contribution is -0.149. The Labute approximate surface area is 162 Å². The molecule has 0 aromatic carbocycles. The number of fused-ring (bicyclic) bond motifs is 3. The molecule has 0 aliphatic heterocycles. The molecule has 0 radical (unpaired) electrons. The van der Waals surface area contributed by atoms with Gasteiger partial charge in [-0.25, -0.2) is 0 Å². The van der Waals surface area contributed by atoms with Crippen LogP contribution in [0.25, 0.3) is 10.2 Å². The Hall–Kier alpha value is -1.76. The van der Waals surface area contributed by atoms with Crippen molar-refractivity contribution < 1.29 is 9.53 Å². The van der Waals surface area contributed by atoms with E-state index in [9.17, 15) is 9.59 Å². The number of carbonyl (C=O) groups excluding carboxylic acids is 1. The van der Waals surface area contributed by atoms with Crippen molar-refractivity contribution in [2.24, 2.45) is 11.3 Å². The summed E-state index contributed by atoms with van der Waals surface area (Å²) in [6, 6.07) is 0. The molecule has 1 fully saturated rings. The highest BCUT2D eigenvalue weighted by molar-refractivity contribution is 7.18. The number of carbonyl (C=O) groups is 1. The first kappa shape index (κ1) is 18.6. The normalized spacial score (nSPS) is 20.8. The van der Waals surface area contributed by atoms with Gasteiger partial charge in [-0.2, -0.15) is 4.68 Å². The van der Waals surface area contributed by atoms with Crippen molar-refractivity contribution in [2.45, 2.75) is 78.4 Å². The summed E-state index contributed by atoms with van der Waals surface area (Å²) in [7, 11) is 0. The zero-order valence-electron chi connectivity index (χ0n) is 16.3. The van der Waals surface area contributed by atoms with Crippen LogP contribution in [0.5, 0.6) is 0 Å². The van der Waals surface area contributed by atoms with E-state index in [1.54, 1.807) is 11.3 Å². The number of hydrogen-bond acceptors (Lipinski definition) is 6. The molecule has 0 spiro atoms. The van der Waals surface area contributed by atoms with Crippen molar-refractivity contribution in [2.75, 3.05) is 0 Å². The lowest BCUT2D eigenvalue weighted by atomic mass is 9.72. The van der Waals surface area contributed by atoms with Crippen LogP contribution in [-0.4, -0.2) is 27.1 Å². The number of thiophene rings is 1. The van der Waals surface area contributed by atoms with Gasteiger partial charge in [-0.1, -0.05) is 26.0 Å². The largest absolute Gasteiger partial charge is 0.461 e. The SMILES string of the molecule is CC(C)(C)C1CCc2c(sc3nnn(CC(=O)OC4CCCC4)c(=O)c23)C1. The van der Waals surface area contributed by atoms with Crippen LogP contribution in [0.3, 0.4) is 0 Å². The van der Waals surface area contributed by atoms with Crippen LogP contribution in [0.2, 0.25) is 0 Å². The minimum Gasteiger partial charge on any atom is -0.461 e. The number of nitrogens with zero attached hydrogens (tertiary/aromatic N) is 3. The van der Waals surface area contributed by atoms with E-state index in [1.165, 1.54) is 9.56 Å². The second-order valence-corrected chi connectivity index (χ2v) is 10.0. The van der Waals surface area contributed by atoms with E-state index < -0.39 is 5.97 Å². The first-order valence-electron chi connectivity index (χ1n) is 9.90. The molecular weight excluding hydrogens is 362 g/mol. The fourth-order valence-electron chi connectivity index (χ4n) is 4.32. The highest BCUT2D eigenvalue weighted by Gasteiger charge is 2.32. The van der Waals surface area contributed by atoms with Crippen LogP contribution in [0.4, 0.5) is 0 Å². The predicted molar refractivity (Wildman–Crippen MR) is 105 cm³/mol. The summed E-state index contributed by atoms with van der Waals surface area (Å²) < 4.78 is 6.63. The quantitative estimate of drug-likeness (QED) is 0.751. The summed E-state index contributed by atoms with van der Waals surface area (Å²) >= 11 is 1.58. The summed E-state index contributed by atoms with van der Waals surface area (Å²) in [6.45, 7) is 6.67. The maximum atomic E-state index is 13.0. The molecule has 0 bridgehead atoms. The third-order valence-electron chi connectivity index (χ3n) is 6.04. The molecule has 0 saturated heterocycles. The molecule has 1 saturated carbocycles. The second kappa shape index (κ2) is 7.00. The fourth-order valence-corrected chi connectivity index (χ4v) is 5.56. The van der Waals surface area contributed by atoms with Gasteiger partial charge in [-0.05, 0) is 61.8 Å². The van der Waals surface area contributed by atoms with Crippen LogP contribution in [0.1, 0.15) is 63.3 Å². The van der Waals surface area contributed by atoms with E-state index >= 15 is 0 Å². The summed E-state index contributed by atoms with van der Waals surface area (Å²) in [5, 5.41) is 8.90. The Bertz CT molecular complexity index is 919. The third-order valence-corrected chi connectivity index (χ3v) is 7.18. The van der Waals surface area contributed by atoms with Crippen molar-refractivity contribution >= 4 is 27.5 Å². The van der Waals surface area contributed by atoms with Gasteiger partial charge >= 0.3 is 5.97 Å². The number of aromatic nitrogens is 3. The summed E-state index contributed by atoms with van der Waals surface area (Å²) in [5.41, 5.74) is 1.16. The van der Waals surface area contributed by atoms with E-state index in [0.29, 0.717) is 16.1 Å². The van der Waals surface area contributed by atoms with Gasteiger partial charge in [0.25, 0.3) is 5.56 Å². The molecule has 1 unspecified atom stereocenters.